The van der Waals surface area contributed by atoms with Gasteiger partial charge in [0.05, 0.1) is 0 Å². The van der Waals surface area contributed by atoms with Crippen LogP contribution in [0.15, 0.2) is 24.8 Å². The lowest BCUT2D eigenvalue weighted by atomic mass is 10.0. The van der Waals surface area contributed by atoms with E-state index >= 15 is 0 Å². The molecular weight excluding hydrogens is 308 g/mol. The van der Waals surface area contributed by atoms with Gasteiger partial charge < -0.3 is 15.2 Å². The maximum Gasteiger partial charge on any atom is 0.387 e. The van der Waals surface area contributed by atoms with Crippen molar-refractivity contribution in [3.63, 3.8) is 0 Å². The number of halogens is 2. The first-order valence-electron chi connectivity index (χ1n) is 6.96. The van der Waals surface area contributed by atoms with E-state index in [1.54, 1.807) is 6.08 Å². The van der Waals surface area contributed by atoms with Gasteiger partial charge in [-0.2, -0.15) is 8.78 Å². The molecule has 23 heavy (non-hydrogen) atoms. The minimum absolute atomic E-state index is 0.0120. The minimum atomic E-state index is -2.96. The van der Waals surface area contributed by atoms with Gasteiger partial charge in [-0.25, -0.2) is 4.79 Å². The molecule has 1 aromatic rings. The van der Waals surface area contributed by atoms with Crippen LogP contribution < -0.4 is 10.1 Å². The molecule has 1 unspecified atom stereocenters. The topological polar surface area (TPSA) is 75.6 Å². The van der Waals surface area contributed by atoms with Crippen molar-refractivity contribution < 1.29 is 28.2 Å². The van der Waals surface area contributed by atoms with E-state index in [1.165, 1.54) is 26.0 Å². The molecule has 126 valence electrons. The first-order valence-corrected chi connectivity index (χ1v) is 6.96. The quantitative estimate of drug-likeness (QED) is 0.720. The van der Waals surface area contributed by atoms with Gasteiger partial charge in [0.1, 0.15) is 11.8 Å². The maximum atomic E-state index is 12.3. The summed E-state index contributed by atoms with van der Waals surface area (Å²) in [5.41, 5.74) is 0.924. The molecule has 1 amide bonds. The second-order valence-corrected chi connectivity index (χ2v) is 5.05. The Kier molecular flexibility index (Phi) is 6.68. The van der Waals surface area contributed by atoms with Crippen molar-refractivity contribution in [2.75, 3.05) is 0 Å². The van der Waals surface area contributed by atoms with Crippen molar-refractivity contribution in [3.8, 4) is 5.75 Å². The third-order valence-electron chi connectivity index (χ3n) is 3.19. The number of benzene rings is 1. The van der Waals surface area contributed by atoms with Crippen LogP contribution in [0.1, 0.15) is 34.3 Å². The summed E-state index contributed by atoms with van der Waals surface area (Å²) < 4.78 is 29.1. The lowest BCUT2D eigenvalue weighted by Gasteiger charge is -2.16. The number of allylic oxidation sites excluding steroid dienone is 1. The zero-order valence-electron chi connectivity index (χ0n) is 12.9. The first kappa shape index (κ1) is 18.6. The van der Waals surface area contributed by atoms with Crippen molar-refractivity contribution in [2.45, 2.75) is 39.3 Å². The van der Waals surface area contributed by atoms with Crippen LogP contribution in [0.3, 0.4) is 0 Å². The molecule has 0 saturated heterocycles. The molecule has 0 aromatic heterocycles. The van der Waals surface area contributed by atoms with Crippen molar-refractivity contribution >= 4 is 11.9 Å². The average Bonchev–Trinajstić information content (AvgIpc) is 2.46. The van der Waals surface area contributed by atoms with Gasteiger partial charge in [0.2, 0.25) is 0 Å². The van der Waals surface area contributed by atoms with E-state index in [0.29, 0.717) is 17.5 Å². The largest absolute Gasteiger partial charge is 0.480 e. The van der Waals surface area contributed by atoms with Crippen molar-refractivity contribution in [1.29, 1.82) is 0 Å². The Labute approximate surface area is 133 Å². The summed E-state index contributed by atoms with van der Waals surface area (Å²) in [6, 6.07) is 1.72. The van der Waals surface area contributed by atoms with Crippen LogP contribution in [0, 0.1) is 13.8 Å². The molecule has 1 rings (SSSR count). The molecule has 0 radical (unpaired) electrons. The van der Waals surface area contributed by atoms with Crippen molar-refractivity contribution in [2.24, 2.45) is 0 Å². The van der Waals surface area contributed by atoms with Gasteiger partial charge in [0.25, 0.3) is 5.91 Å². The van der Waals surface area contributed by atoms with E-state index < -0.39 is 24.5 Å². The SMILES string of the molecule is C=CCCC(NC(=O)c1cc(C)c(OC(F)F)c(C)c1)C(=O)O. The number of rotatable bonds is 8. The number of carboxylic acid groups (broad SMARTS) is 1. The van der Waals surface area contributed by atoms with Crippen molar-refractivity contribution in [1.82, 2.24) is 5.32 Å². The number of aryl methyl sites for hydroxylation is 2. The summed E-state index contributed by atoms with van der Waals surface area (Å²) in [6.45, 7) is 3.62. The Balaban J connectivity index is 2.95. The van der Waals surface area contributed by atoms with Crippen LogP contribution in [-0.4, -0.2) is 29.6 Å². The van der Waals surface area contributed by atoms with Gasteiger partial charge in [0, 0.05) is 5.56 Å². The second kappa shape index (κ2) is 8.26. The monoisotopic (exact) mass is 327 g/mol. The van der Waals surface area contributed by atoms with Crippen LogP contribution in [0.5, 0.6) is 5.75 Å². The van der Waals surface area contributed by atoms with E-state index in [0.717, 1.165) is 0 Å². The third-order valence-corrected chi connectivity index (χ3v) is 3.19. The Bertz CT molecular complexity index is 579. The number of carbonyl (C=O) groups excluding carboxylic acids is 1. The molecule has 7 heteroatoms. The predicted molar refractivity (Wildman–Crippen MR) is 80.9 cm³/mol. The van der Waals surface area contributed by atoms with E-state index in [2.05, 4.69) is 16.6 Å². The third kappa shape index (κ3) is 5.36. The van der Waals surface area contributed by atoms with Crippen LogP contribution in [-0.2, 0) is 4.79 Å². The standard InChI is InChI=1S/C16H19F2NO4/c1-4-5-6-12(15(21)22)19-14(20)11-7-9(2)13(10(3)8-11)23-16(17)18/h4,7-8,12,16H,1,5-6H2,2-3H3,(H,19,20)(H,21,22). The molecule has 0 heterocycles. The lowest BCUT2D eigenvalue weighted by molar-refractivity contribution is -0.139. The van der Waals surface area contributed by atoms with Gasteiger partial charge in [-0.1, -0.05) is 6.08 Å². The van der Waals surface area contributed by atoms with E-state index in [4.69, 9.17) is 5.11 Å². The summed E-state index contributed by atoms with van der Waals surface area (Å²) >= 11 is 0. The molecule has 0 aliphatic rings. The zero-order valence-corrected chi connectivity index (χ0v) is 12.9. The van der Waals surface area contributed by atoms with Gasteiger partial charge in [0.15, 0.2) is 0 Å². The molecule has 0 aliphatic heterocycles. The molecule has 0 saturated carbocycles. The Hall–Kier alpha value is -2.44. The molecular formula is C16H19F2NO4. The summed E-state index contributed by atoms with van der Waals surface area (Å²) in [5.74, 6) is -1.72. The fourth-order valence-corrected chi connectivity index (χ4v) is 2.14. The van der Waals surface area contributed by atoms with E-state index in [9.17, 15) is 18.4 Å². The van der Waals surface area contributed by atoms with E-state index in [1.807, 2.05) is 0 Å². The number of ether oxygens (including phenoxy) is 1. The predicted octanol–water partition coefficient (Wildman–Crippen LogP) is 3.05. The minimum Gasteiger partial charge on any atom is -0.480 e. The second-order valence-electron chi connectivity index (χ2n) is 5.05. The van der Waals surface area contributed by atoms with E-state index in [-0.39, 0.29) is 17.7 Å². The number of hydrogen-bond donors (Lipinski definition) is 2. The molecule has 1 atom stereocenters. The normalized spacial score (nSPS) is 11.9. The molecule has 2 N–H and O–H groups in total. The van der Waals surface area contributed by atoms with Crippen LogP contribution >= 0.6 is 0 Å². The number of carbonyl (C=O) groups is 2. The highest BCUT2D eigenvalue weighted by atomic mass is 19.3. The fraction of sp³-hybridized carbons (Fsp3) is 0.375. The zero-order chi connectivity index (χ0) is 17.6. The lowest BCUT2D eigenvalue weighted by Crippen LogP contribution is -2.40. The molecule has 5 nitrogen and oxygen atoms in total. The van der Waals surface area contributed by atoms with Crippen molar-refractivity contribution in [3.05, 3.63) is 41.5 Å². The number of hydrogen-bond acceptors (Lipinski definition) is 3. The highest BCUT2D eigenvalue weighted by molar-refractivity contribution is 5.97. The summed E-state index contributed by atoms with van der Waals surface area (Å²) in [5, 5.41) is 11.5. The smallest absolute Gasteiger partial charge is 0.387 e. The number of alkyl halides is 2. The Morgan fingerprint density at radius 2 is 1.91 bits per heavy atom. The van der Waals surface area contributed by atoms with Gasteiger partial charge >= 0.3 is 12.6 Å². The number of nitrogens with one attached hydrogen (secondary N) is 1. The number of aliphatic carboxylic acids is 1. The summed E-state index contributed by atoms with van der Waals surface area (Å²) in [7, 11) is 0. The molecule has 0 fully saturated rings. The van der Waals surface area contributed by atoms with Crippen LogP contribution in [0.2, 0.25) is 0 Å². The molecule has 0 aliphatic carbocycles. The molecule has 0 bridgehead atoms. The number of amides is 1. The fourth-order valence-electron chi connectivity index (χ4n) is 2.14. The Morgan fingerprint density at radius 1 is 1.35 bits per heavy atom. The number of carboxylic acids is 1. The van der Waals surface area contributed by atoms with Gasteiger partial charge in [-0.05, 0) is 49.9 Å². The first-order chi connectivity index (χ1) is 10.8. The summed E-state index contributed by atoms with van der Waals surface area (Å²) in [4.78, 5) is 23.3. The average molecular weight is 327 g/mol. The molecule has 1 aromatic carbocycles. The van der Waals surface area contributed by atoms with Crippen LogP contribution in [0.25, 0.3) is 0 Å². The maximum absolute atomic E-state index is 12.3. The van der Waals surface area contributed by atoms with Gasteiger partial charge in [-0.15, -0.1) is 6.58 Å². The van der Waals surface area contributed by atoms with Gasteiger partial charge in [-0.3, -0.25) is 4.79 Å². The summed E-state index contributed by atoms with van der Waals surface area (Å²) in [6.07, 6.45) is 2.22. The highest BCUT2D eigenvalue weighted by Gasteiger charge is 2.21. The Morgan fingerprint density at radius 3 is 2.35 bits per heavy atom. The molecule has 0 spiro atoms. The highest BCUT2D eigenvalue weighted by Crippen LogP contribution is 2.26. The van der Waals surface area contributed by atoms with Crippen LogP contribution in [0.4, 0.5) is 8.78 Å².